The number of benzene rings is 3. The molecular formula is C28H26N2O5. The largest absolute Gasteiger partial charge is 0.493 e. The molecule has 178 valence electrons. The number of fused-ring (bicyclic) bond motifs is 1. The molecule has 1 aliphatic rings. The normalized spacial score (nSPS) is 14.4. The van der Waals surface area contributed by atoms with Crippen molar-refractivity contribution in [1.82, 2.24) is 0 Å². The van der Waals surface area contributed by atoms with Crippen molar-refractivity contribution in [2.45, 2.75) is 26.2 Å². The molecule has 0 aromatic heterocycles. The van der Waals surface area contributed by atoms with Gasteiger partial charge in [-0.2, -0.15) is 5.26 Å². The smallest absolute Gasteiger partial charge is 0.349 e. The highest BCUT2D eigenvalue weighted by molar-refractivity contribution is 5.74. The lowest BCUT2D eigenvalue weighted by molar-refractivity contribution is -0.136. The van der Waals surface area contributed by atoms with Crippen molar-refractivity contribution in [2.24, 2.45) is 5.73 Å². The Labute approximate surface area is 204 Å². The molecule has 1 atom stereocenters. The van der Waals surface area contributed by atoms with Gasteiger partial charge in [-0.1, -0.05) is 43.3 Å². The number of nitrogens with zero attached hydrogens (tertiary/aromatic N) is 1. The second-order valence-electron chi connectivity index (χ2n) is 8.09. The van der Waals surface area contributed by atoms with Crippen molar-refractivity contribution >= 4 is 5.97 Å². The number of carbonyl (C=O) groups excluding carboxylic acids is 1. The highest BCUT2D eigenvalue weighted by Gasteiger charge is 2.33. The Morgan fingerprint density at radius 1 is 1.03 bits per heavy atom. The van der Waals surface area contributed by atoms with Crippen LogP contribution in [0.2, 0.25) is 0 Å². The summed E-state index contributed by atoms with van der Waals surface area (Å²) in [4.78, 5) is 12.4. The maximum absolute atomic E-state index is 12.4. The van der Waals surface area contributed by atoms with Crippen molar-refractivity contribution in [2.75, 3.05) is 13.2 Å². The van der Waals surface area contributed by atoms with E-state index in [1.165, 1.54) is 0 Å². The second-order valence-corrected chi connectivity index (χ2v) is 8.09. The van der Waals surface area contributed by atoms with E-state index in [1.54, 1.807) is 24.3 Å². The van der Waals surface area contributed by atoms with Gasteiger partial charge in [-0.05, 0) is 43.2 Å². The minimum absolute atomic E-state index is 0.00144. The number of nitrogens with two attached hydrogens (primary N) is 1. The number of nitriles is 1. The molecule has 7 nitrogen and oxygen atoms in total. The third-order valence-electron chi connectivity index (χ3n) is 5.46. The van der Waals surface area contributed by atoms with E-state index in [0.29, 0.717) is 29.4 Å². The van der Waals surface area contributed by atoms with Crippen molar-refractivity contribution in [3.05, 3.63) is 94.9 Å². The van der Waals surface area contributed by atoms with Gasteiger partial charge in [0.1, 0.15) is 34.6 Å². The molecule has 4 rings (SSSR count). The molecule has 7 heteroatoms. The number of carbonyl (C=O) groups is 1. The van der Waals surface area contributed by atoms with Gasteiger partial charge in [0.2, 0.25) is 5.88 Å². The van der Waals surface area contributed by atoms with E-state index < -0.39 is 11.9 Å². The summed E-state index contributed by atoms with van der Waals surface area (Å²) in [6.07, 6.45) is 0.851. The van der Waals surface area contributed by atoms with Crippen LogP contribution in [0, 0.1) is 18.3 Å². The van der Waals surface area contributed by atoms with E-state index in [9.17, 15) is 10.1 Å². The predicted molar refractivity (Wildman–Crippen MR) is 130 cm³/mol. The van der Waals surface area contributed by atoms with E-state index in [1.807, 2.05) is 56.3 Å². The van der Waals surface area contributed by atoms with Gasteiger partial charge >= 0.3 is 5.97 Å². The summed E-state index contributed by atoms with van der Waals surface area (Å²) in [7, 11) is 0. The first kappa shape index (κ1) is 23.7. The van der Waals surface area contributed by atoms with Crippen molar-refractivity contribution in [3.8, 4) is 29.1 Å². The van der Waals surface area contributed by atoms with Crippen molar-refractivity contribution in [3.63, 3.8) is 0 Å². The summed E-state index contributed by atoms with van der Waals surface area (Å²) in [5.74, 6) is 0.915. The molecule has 35 heavy (non-hydrogen) atoms. The molecular weight excluding hydrogens is 444 g/mol. The summed E-state index contributed by atoms with van der Waals surface area (Å²) < 4.78 is 22.6. The maximum atomic E-state index is 12.4. The average molecular weight is 471 g/mol. The van der Waals surface area contributed by atoms with Crippen LogP contribution in [-0.2, 0) is 4.79 Å². The second kappa shape index (κ2) is 10.7. The SMILES string of the molecule is CCCOc1ccccc1C1C(C#N)=C(N)Oc2cc(OC(=O)COc3cccc(C)c3)ccc21. The highest BCUT2D eigenvalue weighted by Crippen LogP contribution is 2.45. The lowest BCUT2D eigenvalue weighted by Crippen LogP contribution is -2.22. The zero-order valence-corrected chi connectivity index (χ0v) is 19.6. The first-order valence-electron chi connectivity index (χ1n) is 11.3. The number of hydrogen-bond acceptors (Lipinski definition) is 7. The number of ether oxygens (including phenoxy) is 4. The molecule has 2 N–H and O–H groups in total. The Kier molecular flexibility index (Phi) is 7.22. The zero-order valence-electron chi connectivity index (χ0n) is 19.6. The van der Waals surface area contributed by atoms with Gasteiger partial charge in [0.25, 0.3) is 0 Å². The van der Waals surface area contributed by atoms with E-state index >= 15 is 0 Å². The van der Waals surface area contributed by atoms with Gasteiger partial charge in [0.15, 0.2) is 6.61 Å². The van der Waals surface area contributed by atoms with Crippen LogP contribution in [0.4, 0.5) is 0 Å². The molecule has 0 spiro atoms. The minimum atomic E-state index is -0.557. The first-order chi connectivity index (χ1) is 17.0. The van der Waals surface area contributed by atoms with E-state index in [0.717, 1.165) is 23.1 Å². The lowest BCUT2D eigenvalue weighted by Gasteiger charge is -2.28. The number of rotatable bonds is 8. The Hall–Kier alpha value is -4.44. The Morgan fingerprint density at radius 3 is 2.63 bits per heavy atom. The van der Waals surface area contributed by atoms with Crippen LogP contribution in [0.15, 0.2) is 78.2 Å². The molecule has 1 heterocycles. The van der Waals surface area contributed by atoms with E-state index in [-0.39, 0.29) is 18.2 Å². The summed E-state index contributed by atoms with van der Waals surface area (Å²) in [6, 6.07) is 22.2. The molecule has 0 saturated carbocycles. The van der Waals surface area contributed by atoms with Crippen molar-refractivity contribution < 1.29 is 23.7 Å². The van der Waals surface area contributed by atoms with Gasteiger partial charge in [-0.15, -0.1) is 0 Å². The number of esters is 1. The van der Waals surface area contributed by atoms with Gasteiger partial charge < -0.3 is 24.7 Å². The van der Waals surface area contributed by atoms with E-state index in [2.05, 4.69) is 6.07 Å². The van der Waals surface area contributed by atoms with Gasteiger partial charge in [-0.3, -0.25) is 0 Å². The van der Waals surface area contributed by atoms with Crippen LogP contribution in [-0.4, -0.2) is 19.2 Å². The molecule has 1 unspecified atom stereocenters. The fraction of sp³-hybridized carbons (Fsp3) is 0.214. The average Bonchev–Trinajstić information content (AvgIpc) is 2.85. The summed E-state index contributed by atoms with van der Waals surface area (Å²) in [5, 5.41) is 9.84. The fourth-order valence-corrected chi connectivity index (χ4v) is 3.89. The number of para-hydroxylation sites is 1. The van der Waals surface area contributed by atoms with Gasteiger partial charge in [0, 0.05) is 17.2 Å². The van der Waals surface area contributed by atoms with Crippen molar-refractivity contribution in [1.29, 1.82) is 5.26 Å². The molecule has 0 bridgehead atoms. The summed E-state index contributed by atoms with van der Waals surface area (Å²) in [6.45, 7) is 4.28. The Morgan fingerprint density at radius 2 is 1.86 bits per heavy atom. The number of aryl methyl sites for hydroxylation is 1. The Balaban J connectivity index is 1.58. The maximum Gasteiger partial charge on any atom is 0.349 e. The lowest BCUT2D eigenvalue weighted by atomic mass is 9.83. The summed E-state index contributed by atoms with van der Waals surface area (Å²) >= 11 is 0. The third-order valence-corrected chi connectivity index (χ3v) is 5.46. The summed E-state index contributed by atoms with van der Waals surface area (Å²) in [5.41, 5.74) is 8.97. The zero-order chi connectivity index (χ0) is 24.8. The van der Waals surface area contributed by atoms with Crippen LogP contribution in [0.25, 0.3) is 0 Å². The third kappa shape index (κ3) is 5.39. The molecule has 0 saturated heterocycles. The van der Waals surface area contributed by atoms with Crippen LogP contribution >= 0.6 is 0 Å². The quantitative estimate of drug-likeness (QED) is 0.365. The standard InChI is InChI=1S/C28H26N2O5/c1-3-13-32-24-10-5-4-9-21(24)27-22-12-11-20(15-25(22)35-28(30)23(27)16-29)34-26(31)17-33-19-8-6-7-18(2)14-19/h4-12,14-15,27H,3,13,17,30H2,1-2H3. The monoisotopic (exact) mass is 470 g/mol. The van der Waals surface area contributed by atoms with Gasteiger partial charge in [-0.25, -0.2) is 4.79 Å². The van der Waals surface area contributed by atoms with Crippen LogP contribution in [0.3, 0.4) is 0 Å². The molecule has 3 aromatic rings. The fourth-order valence-electron chi connectivity index (χ4n) is 3.89. The Bertz CT molecular complexity index is 1310. The van der Waals surface area contributed by atoms with E-state index in [4.69, 9.17) is 24.7 Å². The molecule has 0 radical (unpaired) electrons. The van der Waals surface area contributed by atoms with Crippen LogP contribution < -0.4 is 24.7 Å². The molecule has 0 fully saturated rings. The number of hydrogen-bond donors (Lipinski definition) is 1. The number of allylic oxidation sites excluding steroid dienone is 1. The predicted octanol–water partition coefficient (Wildman–Crippen LogP) is 4.99. The molecule has 0 aliphatic carbocycles. The minimum Gasteiger partial charge on any atom is -0.493 e. The van der Waals surface area contributed by atoms with Crippen LogP contribution in [0.5, 0.6) is 23.0 Å². The highest BCUT2D eigenvalue weighted by atomic mass is 16.6. The first-order valence-corrected chi connectivity index (χ1v) is 11.3. The molecule has 3 aromatic carbocycles. The topological polar surface area (TPSA) is 104 Å². The van der Waals surface area contributed by atoms with Gasteiger partial charge in [0.05, 0.1) is 12.5 Å². The molecule has 0 amide bonds. The van der Waals surface area contributed by atoms with Crippen LogP contribution in [0.1, 0.15) is 36.0 Å². The molecule has 1 aliphatic heterocycles.